The highest BCUT2D eigenvalue weighted by atomic mass is 32.2. The van der Waals surface area contributed by atoms with Crippen molar-refractivity contribution in [3.63, 3.8) is 0 Å². The molecule has 1 saturated heterocycles. The Morgan fingerprint density at radius 1 is 1.10 bits per heavy atom. The van der Waals surface area contributed by atoms with Gasteiger partial charge in [0.25, 0.3) is 5.89 Å². The zero-order valence-corrected chi connectivity index (χ0v) is 18.0. The minimum absolute atomic E-state index is 0.103. The molecule has 1 fully saturated rings. The molecule has 3 aromatic rings. The number of hydrogen-bond donors (Lipinski definition) is 1. The number of aryl methyl sites for hydroxylation is 1. The molecule has 1 aliphatic rings. The van der Waals surface area contributed by atoms with Crippen molar-refractivity contribution in [1.82, 2.24) is 19.8 Å². The van der Waals surface area contributed by atoms with Gasteiger partial charge in [0.15, 0.2) is 5.82 Å². The van der Waals surface area contributed by atoms with E-state index in [1.165, 1.54) is 12.1 Å². The number of carbonyl (C=O) groups excluding carboxylic acids is 1. The summed E-state index contributed by atoms with van der Waals surface area (Å²) in [6.07, 6.45) is 1.40. The standard InChI is InChI=1S/C22H24N4O4S/c1-16-7-5-6-10-19(16)22-24-21(25-30-22)17-11-13-26(14-12-17)20(27)15-23-31(28,29)18-8-3-2-4-9-18/h2-10,17,23H,11-15H2,1H3. The van der Waals surface area contributed by atoms with E-state index in [0.717, 1.165) is 11.1 Å². The van der Waals surface area contributed by atoms with Crippen LogP contribution in [0.5, 0.6) is 0 Å². The Morgan fingerprint density at radius 2 is 1.77 bits per heavy atom. The molecule has 1 N–H and O–H groups in total. The second-order valence-corrected chi connectivity index (χ2v) is 9.33. The van der Waals surface area contributed by atoms with Crippen molar-refractivity contribution in [3.8, 4) is 11.5 Å². The number of likely N-dealkylation sites (tertiary alicyclic amines) is 1. The van der Waals surface area contributed by atoms with Gasteiger partial charge in [-0.25, -0.2) is 13.1 Å². The Hall–Kier alpha value is -3.04. The summed E-state index contributed by atoms with van der Waals surface area (Å²) in [5.74, 6) is 1.01. The first-order chi connectivity index (χ1) is 14.9. The van der Waals surface area contributed by atoms with Gasteiger partial charge in [0.1, 0.15) is 0 Å². The molecule has 1 aromatic heterocycles. The van der Waals surface area contributed by atoms with Crippen molar-refractivity contribution in [2.75, 3.05) is 19.6 Å². The summed E-state index contributed by atoms with van der Waals surface area (Å²) >= 11 is 0. The number of nitrogens with zero attached hydrogens (tertiary/aromatic N) is 3. The average molecular weight is 441 g/mol. The maximum atomic E-state index is 12.5. The quantitative estimate of drug-likeness (QED) is 0.632. The lowest BCUT2D eigenvalue weighted by molar-refractivity contribution is -0.131. The predicted molar refractivity (Wildman–Crippen MR) is 115 cm³/mol. The van der Waals surface area contributed by atoms with Gasteiger partial charge in [-0.1, -0.05) is 41.6 Å². The Morgan fingerprint density at radius 3 is 2.48 bits per heavy atom. The fraction of sp³-hybridized carbons (Fsp3) is 0.318. The summed E-state index contributed by atoms with van der Waals surface area (Å²) in [7, 11) is -3.70. The van der Waals surface area contributed by atoms with Crippen molar-refractivity contribution < 1.29 is 17.7 Å². The topological polar surface area (TPSA) is 105 Å². The van der Waals surface area contributed by atoms with Crippen LogP contribution in [-0.2, 0) is 14.8 Å². The van der Waals surface area contributed by atoms with Crippen LogP contribution in [0.25, 0.3) is 11.5 Å². The average Bonchev–Trinajstić information content (AvgIpc) is 3.28. The van der Waals surface area contributed by atoms with E-state index in [1.807, 2.05) is 31.2 Å². The summed E-state index contributed by atoms with van der Waals surface area (Å²) in [5, 5.41) is 4.15. The predicted octanol–water partition coefficient (Wildman–Crippen LogP) is 2.73. The molecule has 8 nitrogen and oxygen atoms in total. The number of benzene rings is 2. The molecule has 31 heavy (non-hydrogen) atoms. The summed E-state index contributed by atoms with van der Waals surface area (Å²) < 4.78 is 32.4. The lowest BCUT2D eigenvalue weighted by atomic mass is 9.96. The van der Waals surface area contributed by atoms with Crippen molar-refractivity contribution >= 4 is 15.9 Å². The highest BCUT2D eigenvalue weighted by Crippen LogP contribution is 2.29. The molecule has 1 aliphatic heterocycles. The molecule has 162 valence electrons. The number of rotatable bonds is 6. The molecule has 9 heteroatoms. The Kier molecular flexibility index (Phi) is 6.15. The summed E-state index contributed by atoms with van der Waals surface area (Å²) in [6, 6.07) is 15.9. The number of amides is 1. The van der Waals surface area contributed by atoms with Crippen molar-refractivity contribution in [2.24, 2.45) is 0 Å². The number of nitrogens with one attached hydrogen (secondary N) is 1. The van der Waals surface area contributed by atoms with Gasteiger partial charge in [0, 0.05) is 24.6 Å². The number of piperidine rings is 1. The highest BCUT2D eigenvalue weighted by molar-refractivity contribution is 7.89. The van der Waals surface area contributed by atoms with Crippen molar-refractivity contribution in [2.45, 2.75) is 30.6 Å². The Balaban J connectivity index is 1.32. The largest absolute Gasteiger partial charge is 0.342 e. The third-order valence-corrected chi connectivity index (χ3v) is 6.91. The van der Waals surface area contributed by atoms with Crippen LogP contribution >= 0.6 is 0 Å². The molecule has 2 aromatic carbocycles. The first-order valence-corrected chi connectivity index (χ1v) is 11.6. The van der Waals surface area contributed by atoms with Crippen LogP contribution in [0.1, 0.15) is 30.1 Å². The van der Waals surface area contributed by atoms with E-state index in [4.69, 9.17) is 4.52 Å². The Labute approximate surface area is 181 Å². The van der Waals surface area contributed by atoms with E-state index in [1.54, 1.807) is 23.1 Å². The zero-order valence-electron chi connectivity index (χ0n) is 17.2. The molecule has 0 spiro atoms. The van der Waals surface area contributed by atoms with Crippen LogP contribution < -0.4 is 4.72 Å². The van der Waals surface area contributed by atoms with E-state index in [9.17, 15) is 13.2 Å². The van der Waals surface area contributed by atoms with Crippen LogP contribution in [0.15, 0.2) is 64.0 Å². The van der Waals surface area contributed by atoms with Crippen LogP contribution in [0.2, 0.25) is 0 Å². The van der Waals surface area contributed by atoms with E-state index in [0.29, 0.717) is 37.6 Å². The third kappa shape index (κ3) is 4.83. The van der Waals surface area contributed by atoms with Crippen LogP contribution in [0, 0.1) is 6.92 Å². The molecule has 1 amide bonds. The molecule has 0 aliphatic carbocycles. The summed E-state index contributed by atoms with van der Waals surface area (Å²) in [6.45, 7) is 2.77. The number of carbonyl (C=O) groups is 1. The molecule has 0 atom stereocenters. The van der Waals surface area contributed by atoms with Gasteiger partial charge >= 0.3 is 0 Å². The molecule has 4 rings (SSSR count). The van der Waals surface area contributed by atoms with Gasteiger partial charge in [-0.3, -0.25) is 4.79 Å². The number of hydrogen-bond acceptors (Lipinski definition) is 6. The van der Waals surface area contributed by atoms with Crippen molar-refractivity contribution in [1.29, 1.82) is 0 Å². The van der Waals surface area contributed by atoms with Gasteiger partial charge < -0.3 is 9.42 Å². The SMILES string of the molecule is Cc1ccccc1-c1nc(C2CCN(C(=O)CNS(=O)(=O)c3ccccc3)CC2)no1. The van der Waals surface area contributed by atoms with Crippen LogP contribution in [0.3, 0.4) is 0 Å². The van der Waals surface area contributed by atoms with Gasteiger partial charge in [-0.05, 0) is 43.5 Å². The van der Waals surface area contributed by atoms with E-state index < -0.39 is 10.0 Å². The monoisotopic (exact) mass is 440 g/mol. The van der Waals surface area contributed by atoms with E-state index in [2.05, 4.69) is 14.9 Å². The number of aromatic nitrogens is 2. The molecular formula is C22H24N4O4S. The molecule has 2 heterocycles. The lowest BCUT2D eigenvalue weighted by Gasteiger charge is -2.30. The maximum absolute atomic E-state index is 12.5. The molecule has 0 saturated carbocycles. The Bertz CT molecular complexity index is 1150. The van der Waals surface area contributed by atoms with Crippen LogP contribution in [0.4, 0.5) is 0 Å². The van der Waals surface area contributed by atoms with E-state index in [-0.39, 0.29) is 23.3 Å². The first-order valence-electron chi connectivity index (χ1n) is 10.2. The number of sulfonamides is 1. The van der Waals surface area contributed by atoms with Crippen LogP contribution in [-0.4, -0.2) is 49.0 Å². The second-order valence-electron chi connectivity index (χ2n) is 7.57. The highest BCUT2D eigenvalue weighted by Gasteiger charge is 2.28. The van der Waals surface area contributed by atoms with Gasteiger partial charge in [-0.15, -0.1) is 0 Å². The molecule has 0 bridgehead atoms. The fourth-order valence-corrected chi connectivity index (χ4v) is 4.66. The molecule has 0 unspecified atom stereocenters. The fourth-order valence-electron chi connectivity index (χ4n) is 3.66. The van der Waals surface area contributed by atoms with Gasteiger partial charge in [0.05, 0.1) is 11.4 Å². The van der Waals surface area contributed by atoms with Gasteiger partial charge in [0.2, 0.25) is 15.9 Å². The smallest absolute Gasteiger partial charge is 0.258 e. The van der Waals surface area contributed by atoms with E-state index >= 15 is 0 Å². The van der Waals surface area contributed by atoms with Crippen molar-refractivity contribution in [3.05, 3.63) is 66.0 Å². The first kappa shape index (κ1) is 21.2. The second kappa shape index (κ2) is 8.99. The summed E-state index contributed by atoms with van der Waals surface area (Å²) in [4.78, 5) is 18.9. The molecule has 0 radical (unpaired) electrons. The van der Waals surface area contributed by atoms with Gasteiger partial charge in [-0.2, -0.15) is 4.98 Å². The normalized spacial score (nSPS) is 15.2. The summed E-state index contributed by atoms with van der Waals surface area (Å²) in [5.41, 5.74) is 1.98. The molecular weight excluding hydrogens is 416 g/mol. The minimum atomic E-state index is -3.70. The zero-order chi connectivity index (χ0) is 21.8. The maximum Gasteiger partial charge on any atom is 0.258 e. The minimum Gasteiger partial charge on any atom is -0.342 e. The third-order valence-electron chi connectivity index (χ3n) is 5.50. The lowest BCUT2D eigenvalue weighted by Crippen LogP contribution is -2.43.